The Kier molecular flexibility index (Phi) is 15.4. The van der Waals surface area contributed by atoms with Crippen molar-refractivity contribution in [1.29, 1.82) is 0 Å². The Morgan fingerprint density at radius 1 is 1.31 bits per heavy atom. The summed E-state index contributed by atoms with van der Waals surface area (Å²) in [6, 6.07) is 0. The van der Waals surface area contributed by atoms with Crippen LogP contribution in [0.15, 0.2) is 12.7 Å². The van der Waals surface area contributed by atoms with E-state index in [0.29, 0.717) is 0 Å². The van der Waals surface area contributed by atoms with Crippen molar-refractivity contribution in [3.63, 3.8) is 0 Å². The lowest BCUT2D eigenvalue weighted by atomic mass is 10.2. The maximum atomic E-state index is 9.47. The van der Waals surface area contributed by atoms with Crippen LogP contribution < -0.4 is 11.5 Å². The highest BCUT2D eigenvalue weighted by atomic mass is 16.5. The van der Waals surface area contributed by atoms with E-state index < -0.39 is 5.91 Å². The maximum Gasteiger partial charge on any atom is 0.240 e. The van der Waals surface area contributed by atoms with Gasteiger partial charge in [0.2, 0.25) is 5.91 Å². The summed E-state index contributed by atoms with van der Waals surface area (Å²) < 4.78 is 5.07. The van der Waals surface area contributed by atoms with Gasteiger partial charge in [-0.3, -0.25) is 4.79 Å². The molecule has 0 saturated carbocycles. The minimum Gasteiger partial charge on any atom is -0.381 e. The third-order valence-electron chi connectivity index (χ3n) is 1.28. The highest BCUT2D eigenvalue weighted by Gasteiger charge is 1.94. The third kappa shape index (κ3) is 18.2. The Balaban J connectivity index is 0. The van der Waals surface area contributed by atoms with Crippen LogP contribution in [-0.4, -0.2) is 26.2 Å². The Morgan fingerprint density at radius 3 is 1.77 bits per heavy atom. The molecule has 1 saturated heterocycles. The average Bonchev–Trinajstić information content (AvgIpc) is 2.24. The zero-order valence-corrected chi connectivity index (χ0v) is 8.29. The van der Waals surface area contributed by atoms with Gasteiger partial charge in [0.1, 0.15) is 0 Å². The number of nitrogens with two attached hydrogens (primary N) is 2. The SMILES string of the molecule is C1CCOCC1.C=CC(N)=O.CN. The van der Waals surface area contributed by atoms with Crippen molar-refractivity contribution in [2.45, 2.75) is 19.3 Å². The van der Waals surface area contributed by atoms with Gasteiger partial charge >= 0.3 is 0 Å². The van der Waals surface area contributed by atoms with Gasteiger partial charge < -0.3 is 16.2 Å². The highest BCUT2D eigenvalue weighted by molar-refractivity contribution is 5.84. The quantitative estimate of drug-likeness (QED) is 0.585. The van der Waals surface area contributed by atoms with Gasteiger partial charge in [-0.25, -0.2) is 0 Å². The Labute approximate surface area is 79.9 Å². The summed E-state index contributed by atoms with van der Waals surface area (Å²) in [5, 5.41) is 0. The Morgan fingerprint density at radius 2 is 1.69 bits per heavy atom. The van der Waals surface area contributed by atoms with E-state index in [0.717, 1.165) is 19.3 Å². The summed E-state index contributed by atoms with van der Waals surface area (Å²) in [5.74, 6) is -0.481. The molecule has 0 aromatic heterocycles. The van der Waals surface area contributed by atoms with Gasteiger partial charge in [-0.15, -0.1) is 0 Å². The molecule has 1 heterocycles. The molecule has 1 fully saturated rings. The van der Waals surface area contributed by atoms with E-state index in [1.54, 1.807) is 0 Å². The molecule has 1 aliphatic heterocycles. The lowest BCUT2D eigenvalue weighted by Gasteiger charge is -2.08. The number of amides is 1. The fourth-order valence-corrected chi connectivity index (χ4v) is 0.687. The molecule has 1 aliphatic rings. The van der Waals surface area contributed by atoms with Crippen LogP contribution in [0.4, 0.5) is 0 Å². The van der Waals surface area contributed by atoms with Crippen LogP contribution in [0.1, 0.15) is 19.3 Å². The monoisotopic (exact) mass is 188 g/mol. The molecule has 0 aliphatic carbocycles. The lowest BCUT2D eigenvalue weighted by molar-refractivity contribution is -0.113. The second-order valence-corrected chi connectivity index (χ2v) is 2.28. The van der Waals surface area contributed by atoms with E-state index >= 15 is 0 Å². The van der Waals surface area contributed by atoms with Crippen molar-refractivity contribution in [3.05, 3.63) is 12.7 Å². The summed E-state index contributed by atoms with van der Waals surface area (Å²) in [7, 11) is 1.50. The molecule has 4 nitrogen and oxygen atoms in total. The fourth-order valence-electron chi connectivity index (χ4n) is 0.687. The lowest BCUT2D eigenvalue weighted by Crippen LogP contribution is -2.04. The van der Waals surface area contributed by atoms with Gasteiger partial charge in [0.05, 0.1) is 0 Å². The Bertz CT molecular complexity index is 111. The van der Waals surface area contributed by atoms with Crippen LogP contribution >= 0.6 is 0 Å². The largest absolute Gasteiger partial charge is 0.381 e. The number of carbonyl (C=O) groups excluding carboxylic acids is 1. The molecule has 0 radical (unpaired) electrons. The normalized spacial score (nSPS) is 14.0. The first-order valence-corrected chi connectivity index (χ1v) is 4.34. The molecule has 78 valence electrons. The van der Waals surface area contributed by atoms with Gasteiger partial charge in [0, 0.05) is 13.2 Å². The van der Waals surface area contributed by atoms with Crippen LogP contribution in [-0.2, 0) is 9.53 Å². The topological polar surface area (TPSA) is 78.3 Å². The van der Waals surface area contributed by atoms with Gasteiger partial charge in [0.25, 0.3) is 0 Å². The third-order valence-corrected chi connectivity index (χ3v) is 1.28. The predicted molar refractivity (Wildman–Crippen MR) is 54.2 cm³/mol. The van der Waals surface area contributed by atoms with E-state index in [9.17, 15) is 4.79 Å². The summed E-state index contributed by atoms with van der Waals surface area (Å²) in [4.78, 5) is 9.47. The molecule has 0 bridgehead atoms. The smallest absolute Gasteiger partial charge is 0.240 e. The van der Waals surface area contributed by atoms with Crippen LogP contribution in [0.2, 0.25) is 0 Å². The Hall–Kier alpha value is -0.870. The second-order valence-electron chi connectivity index (χ2n) is 2.28. The van der Waals surface area contributed by atoms with Crippen LogP contribution in [0.5, 0.6) is 0 Å². The molecular weight excluding hydrogens is 168 g/mol. The van der Waals surface area contributed by atoms with Crippen LogP contribution in [0.25, 0.3) is 0 Å². The van der Waals surface area contributed by atoms with E-state index in [4.69, 9.17) is 4.74 Å². The number of ether oxygens (including phenoxy) is 1. The minimum atomic E-state index is -0.481. The van der Waals surface area contributed by atoms with Crippen LogP contribution in [0, 0.1) is 0 Å². The number of hydrogen-bond donors (Lipinski definition) is 2. The van der Waals surface area contributed by atoms with E-state index in [1.165, 1.54) is 26.3 Å². The molecule has 0 unspecified atom stereocenters. The number of hydrogen-bond acceptors (Lipinski definition) is 3. The standard InChI is InChI=1S/C5H10O.C3H5NO.CH5N/c1-2-4-6-5-3-1;1-2-3(4)5;1-2/h1-5H2;2H,1H2,(H2,4,5);2H2,1H3. The molecule has 1 rings (SSSR count). The van der Waals surface area contributed by atoms with Crippen molar-refractivity contribution in [2.24, 2.45) is 11.5 Å². The molecule has 4 N–H and O–H groups in total. The van der Waals surface area contributed by atoms with E-state index in [-0.39, 0.29) is 0 Å². The number of primary amides is 1. The molecule has 4 heteroatoms. The summed E-state index contributed by atoms with van der Waals surface area (Å²) in [5.41, 5.74) is 9.03. The first kappa shape index (κ1) is 14.6. The molecule has 0 aromatic rings. The summed E-state index contributed by atoms with van der Waals surface area (Å²) in [6.07, 6.45) is 4.99. The summed E-state index contributed by atoms with van der Waals surface area (Å²) in [6.45, 7) is 5.09. The van der Waals surface area contributed by atoms with Crippen molar-refractivity contribution < 1.29 is 9.53 Å². The molecule has 0 spiro atoms. The van der Waals surface area contributed by atoms with Gasteiger partial charge in [-0.05, 0) is 32.4 Å². The van der Waals surface area contributed by atoms with E-state index in [2.05, 4.69) is 18.0 Å². The van der Waals surface area contributed by atoms with Gasteiger partial charge in [-0.1, -0.05) is 6.58 Å². The highest BCUT2D eigenvalue weighted by Crippen LogP contribution is 2.02. The van der Waals surface area contributed by atoms with Gasteiger partial charge in [-0.2, -0.15) is 0 Å². The summed E-state index contributed by atoms with van der Waals surface area (Å²) >= 11 is 0. The number of carbonyl (C=O) groups is 1. The maximum absolute atomic E-state index is 9.47. The average molecular weight is 188 g/mol. The molecule has 0 atom stereocenters. The second kappa shape index (κ2) is 13.7. The van der Waals surface area contributed by atoms with E-state index in [1.807, 2.05) is 0 Å². The van der Waals surface area contributed by atoms with Crippen LogP contribution in [0.3, 0.4) is 0 Å². The van der Waals surface area contributed by atoms with Crippen molar-refractivity contribution >= 4 is 5.91 Å². The van der Waals surface area contributed by atoms with Crippen molar-refractivity contribution in [2.75, 3.05) is 20.3 Å². The van der Waals surface area contributed by atoms with Crippen molar-refractivity contribution in [3.8, 4) is 0 Å². The molecular formula is C9H20N2O2. The number of rotatable bonds is 1. The first-order valence-electron chi connectivity index (χ1n) is 4.34. The molecule has 0 aromatic carbocycles. The first-order chi connectivity index (χ1) is 6.27. The zero-order valence-electron chi connectivity index (χ0n) is 8.29. The van der Waals surface area contributed by atoms with Crippen molar-refractivity contribution in [1.82, 2.24) is 0 Å². The zero-order chi connectivity index (χ0) is 10.5. The predicted octanol–water partition coefficient (Wildman–Crippen LogP) is 0.420. The molecule has 13 heavy (non-hydrogen) atoms. The minimum absolute atomic E-state index is 0.481. The fraction of sp³-hybridized carbons (Fsp3) is 0.667. The van der Waals surface area contributed by atoms with Gasteiger partial charge in [0.15, 0.2) is 0 Å². The molecule has 1 amide bonds.